The molecule has 6 heteroatoms. The standard InChI is InChI=1S/C8H8BNO4/c11-10(12)8-4-2-1-3-7(8)9-13-5-6-14-9/h1-4H,5-6H2. The van der Waals surface area contributed by atoms with E-state index in [-0.39, 0.29) is 5.69 Å². The van der Waals surface area contributed by atoms with Gasteiger partial charge in [-0.25, -0.2) is 0 Å². The monoisotopic (exact) mass is 193 g/mol. The van der Waals surface area contributed by atoms with Gasteiger partial charge in [-0.1, -0.05) is 18.2 Å². The minimum atomic E-state index is -0.586. The zero-order chi connectivity index (χ0) is 9.97. The number of nitrogens with zero attached hydrogens (tertiary/aromatic N) is 1. The van der Waals surface area contributed by atoms with E-state index in [2.05, 4.69) is 0 Å². The van der Waals surface area contributed by atoms with Crippen LogP contribution in [-0.4, -0.2) is 25.3 Å². The van der Waals surface area contributed by atoms with Crippen LogP contribution in [0.25, 0.3) is 0 Å². The third-order valence-electron chi connectivity index (χ3n) is 2.01. The largest absolute Gasteiger partial charge is 0.501 e. The third kappa shape index (κ3) is 1.62. The number of nitro groups is 1. The summed E-state index contributed by atoms with van der Waals surface area (Å²) in [5.74, 6) is 0. The van der Waals surface area contributed by atoms with Crippen molar-refractivity contribution in [1.29, 1.82) is 0 Å². The number of hydrogen-bond acceptors (Lipinski definition) is 4. The van der Waals surface area contributed by atoms with Crippen molar-refractivity contribution in [3.8, 4) is 0 Å². The van der Waals surface area contributed by atoms with E-state index in [0.717, 1.165) is 0 Å². The molecule has 1 aliphatic rings. The normalized spacial score (nSPS) is 15.9. The summed E-state index contributed by atoms with van der Waals surface area (Å²) in [4.78, 5) is 10.2. The fraction of sp³-hybridized carbons (Fsp3) is 0.250. The van der Waals surface area contributed by atoms with E-state index in [9.17, 15) is 10.1 Å². The molecule has 2 rings (SSSR count). The van der Waals surface area contributed by atoms with Crippen molar-refractivity contribution < 1.29 is 14.2 Å². The fourth-order valence-corrected chi connectivity index (χ4v) is 1.39. The summed E-state index contributed by atoms with van der Waals surface area (Å²) in [6, 6.07) is 6.44. The minimum absolute atomic E-state index is 0.0411. The zero-order valence-electron chi connectivity index (χ0n) is 7.38. The highest BCUT2D eigenvalue weighted by Crippen LogP contribution is 2.11. The highest BCUT2D eigenvalue weighted by molar-refractivity contribution is 6.63. The molecule has 0 spiro atoms. The van der Waals surface area contributed by atoms with Gasteiger partial charge in [0.1, 0.15) is 0 Å². The fourth-order valence-electron chi connectivity index (χ4n) is 1.39. The second-order valence-corrected chi connectivity index (χ2v) is 2.89. The van der Waals surface area contributed by atoms with Crippen molar-refractivity contribution in [2.24, 2.45) is 0 Å². The summed E-state index contributed by atoms with van der Waals surface area (Å²) in [6.45, 7) is 0.966. The van der Waals surface area contributed by atoms with E-state index in [1.54, 1.807) is 18.2 Å². The maximum atomic E-state index is 10.7. The summed E-state index contributed by atoms with van der Waals surface area (Å²) >= 11 is 0. The molecule has 0 aliphatic carbocycles. The van der Waals surface area contributed by atoms with E-state index in [1.165, 1.54) is 6.07 Å². The summed E-state index contributed by atoms with van der Waals surface area (Å²) in [5, 5.41) is 10.7. The Balaban J connectivity index is 2.35. The summed E-state index contributed by atoms with van der Waals surface area (Å²) < 4.78 is 10.4. The van der Waals surface area contributed by atoms with Crippen LogP contribution in [0.3, 0.4) is 0 Å². The Morgan fingerprint density at radius 2 is 1.93 bits per heavy atom. The number of rotatable bonds is 2. The summed E-state index contributed by atoms with van der Waals surface area (Å²) in [7, 11) is -0.586. The van der Waals surface area contributed by atoms with Gasteiger partial charge >= 0.3 is 7.12 Å². The summed E-state index contributed by atoms with van der Waals surface area (Å²) in [5.41, 5.74) is 0.523. The lowest BCUT2D eigenvalue weighted by atomic mass is 9.78. The Hall–Kier alpha value is -1.40. The molecule has 14 heavy (non-hydrogen) atoms. The first-order chi connectivity index (χ1) is 6.79. The van der Waals surface area contributed by atoms with Gasteiger partial charge < -0.3 is 9.31 Å². The smallest absolute Gasteiger partial charge is 0.405 e. The van der Waals surface area contributed by atoms with Crippen LogP contribution in [0.15, 0.2) is 24.3 Å². The van der Waals surface area contributed by atoms with Gasteiger partial charge in [0, 0.05) is 6.07 Å². The van der Waals surface area contributed by atoms with Crippen molar-refractivity contribution in [2.75, 3.05) is 13.2 Å². The quantitative estimate of drug-likeness (QED) is 0.385. The highest BCUT2D eigenvalue weighted by atomic mass is 16.6. The molecular formula is C8H8BNO4. The van der Waals surface area contributed by atoms with E-state index in [4.69, 9.17) is 9.31 Å². The van der Waals surface area contributed by atoms with Crippen molar-refractivity contribution in [1.82, 2.24) is 0 Å². The van der Waals surface area contributed by atoms with Gasteiger partial charge in [-0.3, -0.25) is 10.1 Å². The van der Waals surface area contributed by atoms with E-state index in [0.29, 0.717) is 18.7 Å². The molecule has 0 aromatic heterocycles. The SMILES string of the molecule is O=[N+]([O-])c1ccccc1B1OCCO1. The van der Waals surface area contributed by atoms with Crippen LogP contribution in [0, 0.1) is 10.1 Å². The van der Waals surface area contributed by atoms with Gasteiger partial charge in [-0.05, 0) is 0 Å². The first-order valence-electron chi connectivity index (χ1n) is 4.25. The average Bonchev–Trinajstić information content (AvgIpc) is 2.70. The molecule has 0 radical (unpaired) electrons. The molecule has 0 unspecified atom stereocenters. The Bertz CT molecular complexity index is 351. The van der Waals surface area contributed by atoms with E-state index in [1.807, 2.05) is 0 Å². The van der Waals surface area contributed by atoms with Gasteiger partial charge in [-0.15, -0.1) is 0 Å². The second-order valence-electron chi connectivity index (χ2n) is 2.89. The Morgan fingerprint density at radius 1 is 1.29 bits per heavy atom. The summed E-state index contributed by atoms with van der Waals surface area (Å²) in [6.07, 6.45) is 0. The first-order valence-corrected chi connectivity index (χ1v) is 4.25. The molecular weight excluding hydrogens is 185 g/mol. The first kappa shape index (κ1) is 9.17. The number of benzene rings is 1. The maximum absolute atomic E-state index is 10.7. The lowest BCUT2D eigenvalue weighted by Crippen LogP contribution is -2.33. The molecule has 1 aliphatic heterocycles. The number of hydrogen-bond donors (Lipinski definition) is 0. The second kappa shape index (κ2) is 3.77. The Kier molecular flexibility index (Phi) is 2.47. The van der Waals surface area contributed by atoms with Crippen molar-refractivity contribution >= 4 is 18.3 Å². The van der Waals surface area contributed by atoms with Crippen molar-refractivity contribution in [2.45, 2.75) is 0 Å². The molecule has 0 amide bonds. The Morgan fingerprint density at radius 3 is 2.57 bits per heavy atom. The minimum Gasteiger partial charge on any atom is -0.405 e. The van der Waals surface area contributed by atoms with Gasteiger partial charge in [0.05, 0.1) is 23.6 Å². The predicted molar refractivity (Wildman–Crippen MR) is 50.4 cm³/mol. The average molecular weight is 193 g/mol. The topological polar surface area (TPSA) is 61.6 Å². The van der Waals surface area contributed by atoms with Crippen molar-refractivity contribution in [3.63, 3.8) is 0 Å². The van der Waals surface area contributed by atoms with Crippen LogP contribution in [0.5, 0.6) is 0 Å². The molecule has 0 N–H and O–H groups in total. The van der Waals surface area contributed by atoms with Gasteiger partial charge in [0.15, 0.2) is 0 Å². The highest BCUT2D eigenvalue weighted by Gasteiger charge is 2.32. The van der Waals surface area contributed by atoms with Crippen LogP contribution in [-0.2, 0) is 9.31 Å². The third-order valence-corrected chi connectivity index (χ3v) is 2.01. The molecule has 1 fully saturated rings. The lowest BCUT2D eigenvalue weighted by molar-refractivity contribution is -0.383. The predicted octanol–water partition coefficient (Wildman–Crippen LogP) is 0.337. The molecule has 72 valence electrons. The molecule has 5 nitrogen and oxygen atoms in total. The molecule has 0 atom stereocenters. The van der Waals surface area contributed by atoms with Gasteiger partial charge in [0.2, 0.25) is 0 Å². The molecule has 0 saturated carbocycles. The number of nitro benzene ring substituents is 1. The molecule has 1 saturated heterocycles. The van der Waals surface area contributed by atoms with Gasteiger partial charge in [0.25, 0.3) is 5.69 Å². The molecule has 1 aromatic carbocycles. The van der Waals surface area contributed by atoms with Crippen LogP contribution in [0.4, 0.5) is 5.69 Å². The number of para-hydroxylation sites is 1. The van der Waals surface area contributed by atoms with E-state index < -0.39 is 12.0 Å². The molecule has 0 bridgehead atoms. The maximum Gasteiger partial charge on any atom is 0.501 e. The zero-order valence-corrected chi connectivity index (χ0v) is 7.38. The van der Waals surface area contributed by atoms with Crippen LogP contribution in [0.1, 0.15) is 0 Å². The molecule has 1 aromatic rings. The van der Waals surface area contributed by atoms with Crippen LogP contribution in [0.2, 0.25) is 0 Å². The van der Waals surface area contributed by atoms with Crippen LogP contribution >= 0.6 is 0 Å². The van der Waals surface area contributed by atoms with Gasteiger partial charge in [-0.2, -0.15) is 0 Å². The molecule has 1 heterocycles. The Labute approximate surface area is 80.9 Å². The van der Waals surface area contributed by atoms with E-state index >= 15 is 0 Å². The lowest BCUT2D eigenvalue weighted by Gasteiger charge is -2.03. The van der Waals surface area contributed by atoms with Crippen molar-refractivity contribution in [3.05, 3.63) is 34.4 Å². The van der Waals surface area contributed by atoms with Crippen LogP contribution < -0.4 is 5.46 Å².